The van der Waals surface area contributed by atoms with Crippen molar-refractivity contribution in [2.24, 2.45) is 0 Å². The van der Waals surface area contributed by atoms with E-state index in [0.29, 0.717) is 36.4 Å². The number of ether oxygens (including phenoxy) is 1. The first-order valence-electron chi connectivity index (χ1n) is 10.00. The first-order chi connectivity index (χ1) is 14.4. The van der Waals surface area contributed by atoms with Gasteiger partial charge in [-0.1, -0.05) is 18.2 Å². The fraction of sp³-hybridized carbons (Fsp3) is 0.348. The number of pyridine rings is 1. The van der Waals surface area contributed by atoms with E-state index in [-0.39, 0.29) is 11.3 Å². The molecule has 2 aromatic rings. The largest absolute Gasteiger partial charge is 0.507 e. The molecule has 0 radical (unpaired) electrons. The number of nitrogens with zero attached hydrogens (tertiary/aromatic N) is 3. The topological polar surface area (TPSA) is 83.0 Å². The lowest BCUT2D eigenvalue weighted by atomic mass is 9.96. The van der Waals surface area contributed by atoms with E-state index in [2.05, 4.69) is 4.98 Å². The van der Waals surface area contributed by atoms with Crippen molar-refractivity contribution in [3.8, 4) is 5.75 Å². The van der Waals surface area contributed by atoms with E-state index in [4.69, 9.17) is 4.74 Å². The highest BCUT2D eigenvalue weighted by Gasteiger charge is 2.45. The molecule has 1 aromatic heterocycles. The van der Waals surface area contributed by atoms with E-state index < -0.39 is 17.7 Å². The Labute approximate surface area is 176 Å². The predicted molar refractivity (Wildman–Crippen MR) is 114 cm³/mol. The van der Waals surface area contributed by atoms with Crippen molar-refractivity contribution in [1.29, 1.82) is 0 Å². The first-order valence-corrected chi connectivity index (χ1v) is 10.00. The number of likely N-dealkylation sites (tertiary alicyclic amines) is 1. The van der Waals surface area contributed by atoms with E-state index in [1.54, 1.807) is 42.7 Å². The van der Waals surface area contributed by atoms with Gasteiger partial charge < -0.3 is 19.6 Å². The lowest BCUT2D eigenvalue weighted by Gasteiger charge is -2.25. The molecular weight excluding hydrogens is 382 g/mol. The molecule has 0 saturated carbocycles. The van der Waals surface area contributed by atoms with Gasteiger partial charge in [0.05, 0.1) is 18.2 Å². The molecule has 3 rings (SSSR count). The van der Waals surface area contributed by atoms with Crippen LogP contribution in [0.3, 0.4) is 0 Å². The normalized spacial score (nSPS) is 18.3. The Bertz CT molecular complexity index is 940. The second-order valence-electron chi connectivity index (χ2n) is 7.40. The van der Waals surface area contributed by atoms with Crippen molar-refractivity contribution in [2.75, 3.05) is 33.8 Å². The number of carbonyl (C=O) groups excluding carboxylic acids is 2. The van der Waals surface area contributed by atoms with Gasteiger partial charge in [0, 0.05) is 24.5 Å². The second-order valence-corrected chi connectivity index (χ2v) is 7.40. The van der Waals surface area contributed by atoms with Gasteiger partial charge >= 0.3 is 0 Å². The molecular formula is C23H27N3O4. The van der Waals surface area contributed by atoms with Crippen LogP contribution >= 0.6 is 0 Å². The number of aliphatic hydroxyl groups excluding tert-OH is 1. The highest BCUT2D eigenvalue weighted by molar-refractivity contribution is 6.46. The van der Waals surface area contributed by atoms with Crippen molar-refractivity contribution in [1.82, 2.24) is 14.8 Å². The van der Waals surface area contributed by atoms with Crippen LogP contribution in [0.2, 0.25) is 0 Å². The summed E-state index contributed by atoms with van der Waals surface area (Å²) in [6.45, 7) is 3.53. The smallest absolute Gasteiger partial charge is 0.295 e. The quantitative estimate of drug-likeness (QED) is 0.410. The van der Waals surface area contributed by atoms with Gasteiger partial charge in [-0.2, -0.15) is 0 Å². The van der Waals surface area contributed by atoms with Crippen LogP contribution < -0.4 is 4.74 Å². The minimum absolute atomic E-state index is 0.0755. The van der Waals surface area contributed by atoms with Crippen molar-refractivity contribution < 1.29 is 19.4 Å². The third-order valence-electron chi connectivity index (χ3n) is 4.96. The summed E-state index contributed by atoms with van der Waals surface area (Å²) in [6, 6.07) is 9.76. The number of carbonyl (C=O) groups is 2. The molecule has 1 aliphatic rings. The van der Waals surface area contributed by atoms with Crippen molar-refractivity contribution in [3.05, 3.63) is 65.5 Å². The monoisotopic (exact) mass is 409 g/mol. The molecule has 1 fully saturated rings. The number of aromatic nitrogens is 1. The minimum atomic E-state index is -0.687. The maximum absolute atomic E-state index is 13.0. The van der Waals surface area contributed by atoms with Crippen LogP contribution in [0.25, 0.3) is 5.76 Å². The molecule has 2 heterocycles. The molecule has 0 unspecified atom stereocenters. The van der Waals surface area contributed by atoms with Gasteiger partial charge in [-0.25, -0.2) is 0 Å². The standard InChI is InChI=1S/C23H27N3O4/c1-4-30-18-10-5-8-16(14-18)21(27)19-20(17-9-6-11-24-15-17)26(23(29)22(19)28)13-7-12-25(2)3/h5-6,8-11,14-15,20,27H,4,7,12-13H2,1-3H3/t20-/m0/s1. The molecule has 158 valence electrons. The molecule has 1 aliphatic heterocycles. The minimum Gasteiger partial charge on any atom is -0.507 e. The SMILES string of the molecule is CCOc1cccc(C(O)=C2C(=O)C(=O)N(CCCN(C)C)[C@H]2c2cccnc2)c1. The van der Waals surface area contributed by atoms with E-state index in [1.807, 2.05) is 32.0 Å². The number of rotatable bonds is 8. The van der Waals surface area contributed by atoms with Gasteiger partial charge in [-0.15, -0.1) is 0 Å². The maximum atomic E-state index is 13.0. The lowest BCUT2D eigenvalue weighted by molar-refractivity contribution is -0.139. The zero-order chi connectivity index (χ0) is 21.7. The van der Waals surface area contributed by atoms with Crippen LogP contribution in [-0.4, -0.2) is 65.4 Å². The van der Waals surface area contributed by atoms with Gasteiger partial charge in [-0.05, 0) is 57.7 Å². The average molecular weight is 409 g/mol. The Kier molecular flexibility index (Phi) is 6.84. The number of ketones is 1. The van der Waals surface area contributed by atoms with E-state index in [0.717, 1.165) is 6.54 Å². The molecule has 0 spiro atoms. The van der Waals surface area contributed by atoms with Crippen LogP contribution in [0.4, 0.5) is 0 Å². The number of amides is 1. The second kappa shape index (κ2) is 9.54. The van der Waals surface area contributed by atoms with Crippen LogP contribution in [0.15, 0.2) is 54.4 Å². The summed E-state index contributed by atoms with van der Waals surface area (Å²) in [5.41, 5.74) is 1.19. The lowest BCUT2D eigenvalue weighted by Crippen LogP contribution is -2.32. The summed E-state index contributed by atoms with van der Waals surface area (Å²) in [6.07, 6.45) is 3.96. The molecule has 7 heteroatoms. The molecule has 1 N–H and O–H groups in total. The third-order valence-corrected chi connectivity index (χ3v) is 4.96. The Hall–Kier alpha value is -3.19. The molecule has 1 saturated heterocycles. The Balaban J connectivity index is 2.06. The molecule has 1 aromatic carbocycles. The van der Waals surface area contributed by atoms with Crippen molar-refractivity contribution in [2.45, 2.75) is 19.4 Å². The van der Waals surface area contributed by atoms with Gasteiger partial charge in [0.15, 0.2) is 0 Å². The summed E-state index contributed by atoms with van der Waals surface area (Å²) in [5.74, 6) is -0.920. The van der Waals surface area contributed by atoms with Crippen LogP contribution in [0, 0.1) is 0 Å². The Morgan fingerprint density at radius 3 is 2.70 bits per heavy atom. The summed E-state index contributed by atoms with van der Waals surface area (Å²) >= 11 is 0. The number of Topliss-reactive ketones (excluding diaryl/α,β-unsaturated/α-hetero) is 1. The van der Waals surface area contributed by atoms with E-state index in [1.165, 1.54) is 4.90 Å². The summed E-state index contributed by atoms with van der Waals surface area (Å²) in [4.78, 5) is 33.5. The fourth-order valence-electron chi connectivity index (χ4n) is 3.61. The van der Waals surface area contributed by atoms with Crippen LogP contribution in [-0.2, 0) is 9.59 Å². The predicted octanol–water partition coefficient (Wildman–Crippen LogP) is 2.85. The van der Waals surface area contributed by atoms with Gasteiger partial charge in [0.1, 0.15) is 11.5 Å². The maximum Gasteiger partial charge on any atom is 0.295 e. The van der Waals surface area contributed by atoms with Gasteiger partial charge in [-0.3, -0.25) is 14.6 Å². The fourth-order valence-corrected chi connectivity index (χ4v) is 3.61. The van der Waals surface area contributed by atoms with Crippen molar-refractivity contribution in [3.63, 3.8) is 0 Å². The average Bonchev–Trinajstić information content (AvgIpc) is 2.99. The zero-order valence-corrected chi connectivity index (χ0v) is 17.5. The van der Waals surface area contributed by atoms with Gasteiger partial charge in [0.25, 0.3) is 11.7 Å². The Morgan fingerprint density at radius 2 is 2.03 bits per heavy atom. The highest BCUT2D eigenvalue weighted by atomic mass is 16.5. The number of hydrogen-bond acceptors (Lipinski definition) is 6. The highest BCUT2D eigenvalue weighted by Crippen LogP contribution is 2.39. The van der Waals surface area contributed by atoms with Gasteiger partial charge in [0.2, 0.25) is 0 Å². The molecule has 1 atom stereocenters. The summed E-state index contributed by atoms with van der Waals surface area (Å²) in [5, 5.41) is 11.1. The van der Waals surface area contributed by atoms with E-state index >= 15 is 0 Å². The molecule has 0 aliphatic carbocycles. The van der Waals surface area contributed by atoms with Crippen LogP contribution in [0.1, 0.15) is 30.5 Å². The number of hydrogen-bond donors (Lipinski definition) is 1. The third kappa shape index (κ3) is 4.52. The van der Waals surface area contributed by atoms with E-state index in [9.17, 15) is 14.7 Å². The first kappa shape index (κ1) is 21.5. The van der Waals surface area contributed by atoms with Crippen LogP contribution in [0.5, 0.6) is 5.75 Å². The Morgan fingerprint density at radius 1 is 1.23 bits per heavy atom. The summed E-state index contributed by atoms with van der Waals surface area (Å²) < 4.78 is 5.50. The number of aliphatic hydroxyl groups is 1. The summed E-state index contributed by atoms with van der Waals surface area (Å²) in [7, 11) is 3.91. The molecule has 0 bridgehead atoms. The molecule has 1 amide bonds. The molecule has 7 nitrogen and oxygen atoms in total. The zero-order valence-electron chi connectivity index (χ0n) is 17.5. The number of benzene rings is 1. The van der Waals surface area contributed by atoms with Crippen molar-refractivity contribution >= 4 is 17.4 Å². The molecule has 30 heavy (non-hydrogen) atoms.